The molecule has 14 heavy (non-hydrogen) atoms. The second-order valence-corrected chi connectivity index (χ2v) is 4.53. The SMILES string of the molecule is CN(C(=O)NC(=O)CCl)C1CCSC1. The Morgan fingerprint density at radius 2 is 2.36 bits per heavy atom. The lowest BCUT2D eigenvalue weighted by Crippen LogP contribution is -2.46. The van der Waals surface area contributed by atoms with Crippen LogP contribution in [-0.4, -0.2) is 47.3 Å². The number of nitrogens with zero attached hydrogens (tertiary/aromatic N) is 1. The molecule has 6 heteroatoms. The summed E-state index contributed by atoms with van der Waals surface area (Å²) in [5.41, 5.74) is 0. The Bertz CT molecular complexity index is 231. The van der Waals surface area contributed by atoms with Gasteiger partial charge in [-0.2, -0.15) is 11.8 Å². The number of imide groups is 1. The number of carbonyl (C=O) groups is 2. The van der Waals surface area contributed by atoms with Gasteiger partial charge in [-0.3, -0.25) is 10.1 Å². The summed E-state index contributed by atoms with van der Waals surface area (Å²) < 4.78 is 0. The number of hydrogen-bond donors (Lipinski definition) is 1. The third-order valence-corrected chi connectivity index (χ3v) is 3.53. The molecule has 1 aliphatic heterocycles. The highest BCUT2D eigenvalue weighted by molar-refractivity contribution is 7.99. The summed E-state index contributed by atoms with van der Waals surface area (Å²) in [7, 11) is 1.70. The number of urea groups is 1. The van der Waals surface area contributed by atoms with Gasteiger partial charge in [0.05, 0.1) is 0 Å². The molecule has 1 saturated heterocycles. The summed E-state index contributed by atoms with van der Waals surface area (Å²) in [4.78, 5) is 23.8. The zero-order valence-corrected chi connectivity index (χ0v) is 9.53. The van der Waals surface area contributed by atoms with Gasteiger partial charge in [-0.05, 0) is 12.2 Å². The Balaban J connectivity index is 2.39. The average Bonchev–Trinajstić information content (AvgIpc) is 2.69. The number of thioether (sulfide) groups is 1. The number of hydrogen-bond acceptors (Lipinski definition) is 3. The highest BCUT2D eigenvalue weighted by atomic mass is 35.5. The number of alkyl halides is 1. The van der Waals surface area contributed by atoms with Crippen LogP contribution in [0.5, 0.6) is 0 Å². The molecule has 1 fully saturated rings. The van der Waals surface area contributed by atoms with Crippen LogP contribution in [-0.2, 0) is 4.79 Å². The van der Waals surface area contributed by atoms with Crippen molar-refractivity contribution < 1.29 is 9.59 Å². The molecule has 0 radical (unpaired) electrons. The lowest BCUT2D eigenvalue weighted by molar-refractivity contribution is -0.117. The van der Waals surface area contributed by atoms with Crippen molar-refractivity contribution in [3.8, 4) is 0 Å². The molecular weight excluding hydrogens is 224 g/mol. The standard InChI is InChI=1S/C8H13ClN2O2S/c1-11(6-2-3-14-5-6)8(13)10-7(12)4-9/h6H,2-5H2,1H3,(H,10,12,13). The van der Waals surface area contributed by atoms with Crippen molar-refractivity contribution >= 4 is 35.3 Å². The second kappa shape index (κ2) is 5.46. The van der Waals surface area contributed by atoms with Crippen molar-refractivity contribution in [2.45, 2.75) is 12.5 Å². The Kier molecular flexibility index (Phi) is 4.54. The third-order valence-electron chi connectivity index (χ3n) is 2.14. The lowest BCUT2D eigenvalue weighted by Gasteiger charge is -2.23. The molecule has 0 aliphatic carbocycles. The smallest absolute Gasteiger partial charge is 0.324 e. The summed E-state index contributed by atoms with van der Waals surface area (Å²) in [6.07, 6.45) is 0.990. The van der Waals surface area contributed by atoms with E-state index in [1.54, 1.807) is 11.9 Å². The van der Waals surface area contributed by atoms with E-state index < -0.39 is 5.91 Å². The monoisotopic (exact) mass is 236 g/mol. The van der Waals surface area contributed by atoms with E-state index >= 15 is 0 Å². The molecule has 1 rings (SSSR count). The zero-order valence-electron chi connectivity index (χ0n) is 7.96. The molecule has 80 valence electrons. The van der Waals surface area contributed by atoms with E-state index in [-0.39, 0.29) is 18.0 Å². The first-order valence-electron chi connectivity index (χ1n) is 4.35. The Morgan fingerprint density at radius 1 is 1.64 bits per heavy atom. The van der Waals surface area contributed by atoms with Crippen LogP contribution in [0.1, 0.15) is 6.42 Å². The number of rotatable bonds is 2. The van der Waals surface area contributed by atoms with E-state index in [1.807, 2.05) is 11.8 Å². The summed E-state index contributed by atoms with van der Waals surface area (Å²) in [5.74, 6) is 1.39. The average molecular weight is 237 g/mol. The maximum atomic E-state index is 11.4. The summed E-state index contributed by atoms with van der Waals surface area (Å²) in [6, 6.07) is -0.119. The van der Waals surface area contributed by atoms with E-state index in [9.17, 15) is 9.59 Å². The Morgan fingerprint density at radius 3 is 2.86 bits per heavy atom. The van der Waals surface area contributed by atoms with Gasteiger partial charge in [0, 0.05) is 18.8 Å². The normalized spacial score (nSPS) is 20.6. The van der Waals surface area contributed by atoms with Crippen LogP contribution in [0.4, 0.5) is 4.79 Å². The lowest BCUT2D eigenvalue weighted by atomic mass is 10.2. The molecule has 0 aromatic heterocycles. The van der Waals surface area contributed by atoms with Crippen molar-refractivity contribution in [1.82, 2.24) is 10.2 Å². The topological polar surface area (TPSA) is 49.4 Å². The highest BCUT2D eigenvalue weighted by Gasteiger charge is 2.24. The quantitative estimate of drug-likeness (QED) is 0.725. The van der Waals surface area contributed by atoms with Gasteiger partial charge in [0.25, 0.3) is 0 Å². The van der Waals surface area contributed by atoms with Gasteiger partial charge in [-0.25, -0.2) is 4.79 Å². The van der Waals surface area contributed by atoms with Crippen LogP contribution >= 0.6 is 23.4 Å². The van der Waals surface area contributed by atoms with E-state index in [2.05, 4.69) is 5.32 Å². The fourth-order valence-electron chi connectivity index (χ4n) is 1.23. The molecule has 1 atom stereocenters. The van der Waals surface area contributed by atoms with E-state index in [1.165, 1.54) is 0 Å². The summed E-state index contributed by atoms with van der Waals surface area (Å²) in [5, 5.41) is 2.21. The predicted molar refractivity (Wildman–Crippen MR) is 57.8 cm³/mol. The molecular formula is C8H13ClN2O2S. The van der Waals surface area contributed by atoms with E-state index in [0.717, 1.165) is 17.9 Å². The second-order valence-electron chi connectivity index (χ2n) is 3.12. The number of nitrogens with one attached hydrogen (secondary N) is 1. The Labute approximate surface area is 92.3 Å². The number of halogens is 1. The largest absolute Gasteiger partial charge is 0.324 e. The van der Waals surface area contributed by atoms with E-state index in [0.29, 0.717) is 0 Å². The minimum Gasteiger partial charge on any atom is -0.324 e. The molecule has 0 bridgehead atoms. The maximum absolute atomic E-state index is 11.4. The van der Waals surface area contributed by atoms with Crippen LogP contribution in [0, 0.1) is 0 Å². The van der Waals surface area contributed by atoms with Crippen LogP contribution in [0.15, 0.2) is 0 Å². The molecule has 1 N–H and O–H groups in total. The molecule has 0 saturated carbocycles. The van der Waals surface area contributed by atoms with Gasteiger partial charge in [0.15, 0.2) is 0 Å². The van der Waals surface area contributed by atoms with Gasteiger partial charge in [0.2, 0.25) is 5.91 Å². The summed E-state index contributed by atoms with van der Waals surface area (Å²) >= 11 is 7.09. The molecule has 1 aliphatic rings. The first kappa shape index (κ1) is 11.7. The van der Waals surface area contributed by atoms with E-state index in [4.69, 9.17) is 11.6 Å². The fraction of sp³-hybridized carbons (Fsp3) is 0.750. The van der Waals surface area contributed by atoms with Crippen molar-refractivity contribution in [3.05, 3.63) is 0 Å². The molecule has 4 nitrogen and oxygen atoms in total. The zero-order chi connectivity index (χ0) is 10.6. The van der Waals surface area contributed by atoms with Crippen molar-refractivity contribution in [2.24, 2.45) is 0 Å². The Hall–Kier alpha value is -0.420. The van der Waals surface area contributed by atoms with Crippen molar-refractivity contribution in [2.75, 3.05) is 24.4 Å². The molecule has 0 aromatic carbocycles. The first-order valence-corrected chi connectivity index (χ1v) is 6.04. The number of carbonyl (C=O) groups excluding carboxylic acids is 2. The van der Waals surface area contributed by atoms with Crippen LogP contribution in [0.2, 0.25) is 0 Å². The third kappa shape index (κ3) is 3.06. The van der Waals surface area contributed by atoms with Crippen molar-refractivity contribution in [1.29, 1.82) is 0 Å². The van der Waals surface area contributed by atoms with Crippen LogP contribution in [0.3, 0.4) is 0 Å². The van der Waals surface area contributed by atoms with Crippen LogP contribution < -0.4 is 5.32 Å². The predicted octanol–water partition coefficient (Wildman–Crippen LogP) is 0.899. The fourth-order valence-corrected chi connectivity index (χ4v) is 2.57. The van der Waals surface area contributed by atoms with Gasteiger partial charge >= 0.3 is 6.03 Å². The molecule has 0 spiro atoms. The summed E-state index contributed by atoms with van der Waals surface area (Å²) in [6.45, 7) is 0. The highest BCUT2D eigenvalue weighted by Crippen LogP contribution is 2.21. The van der Waals surface area contributed by atoms with Gasteiger partial charge in [0.1, 0.15) is 5.88 Å². The van der Waals surface area contributed by atoms with Gasteiger partial charge in [-0.1, -0.05) is 0 Å². The van der Waals surface area contributed by atoms with Crippen LogP contribution in [0.25, 0.3) is 0 Å². The molecule has 1 heterocycles. The molecule has 3 amide bonds. The molecule has 0 aromatic rings. The van der Waals surface area contributed by atoms with Gasteiger partial charge in [-0.15, -0.1) is 11.6 Å². The maximum Gasteiger partial charge on any atom is 0.324 e. The number of amides is 3. The first-order chi connectivity index (χ1) is 6.65. The minimum absolute atomic E-state index is 0.182. The minimum atomic E-state index is -0.450. The van der Waals surface area contributed by atoms with Crippen molar-refractivity contribution in [3.63, 3.8) is 0 Å². The molecule has 1 unspecified atom stereocenters. The van der Waals surface area contributed by atoms with Gasteiger partial charge < -0.3 is 4.90 Å².